The average molecular weight is 206 g/mol. The predicted molar refractivity (Wildman–Crippen MR) is 37.0 cm³/mol. The van der Waals surface area contributed by atoms with Gasteiger partial charge in [-0.05, 0) is 22.6 Å². The van der Waals surface area contributed by atoms with Crippen molar-refractivity contribution in [2.45, 2.75) is 0 Å². The zero-order chi connectivity index (χ0) is 5.28. The summed E-state index contributed by atoms with van der Waals surface area (Å²) in [5, 5.41) is 0. The van der Waals surface area contributed by atoms with E-state index in [1.54, 1.807) is 0 Å². The van der Waals surface area contributed by atoms with Crippen molar-refractivity contribution in [1.82, 2.24) is 4.57 Å². The molecular weight excluding hydrogens is 201 g/mol. The van der Waals surface area contributed by atoms with Gasteiger partial charge in [-0.15, -0.1) is 0 Å². The SMILES string of the molecule is Cn1c[c]c(I)c1. The summed E-state index contributed by atoms with van der Waals surface area (Å²) in [6.45, 7) is 0. The second-order valence-corrected chi connectivity index (χ2v) is 2.58. The number of aryl methyl sites for hydroxylation is 1. The summed E-state index contributed by atoms with van der Waals surface area (Å²) in [5.41, 5.74) is 0. The summed E-state index contributed by atoms with van der Waals surface area (Å²) in [7, 11) is 1.98. The number of aromatic nitrogens is 1. The maximum atomic E-state index is 3.02. The second-order valence-electron chi connectivity index (χ2n) is 1.42. The molecule has 0 spiro atoms. The maximum Gasteiger partial charge on any atom is 0.0386 e. The van der Waals surface area contributed by atoms with Crippen molar-refractivity contribution < 1.29 is 0 Å². The molecule has 7 heavy (non-hydrogen) atoms. The number of rotatable bonds is 0. The van der Waals surface area contributed by atoms with Gasteiger partial charge >= 0.3 is 0 Å². The molecule has 0 fully saturated rings. The standard InChI is InChI=1S/C5H5IN/c1-7-3-2-5(6)4-7/h3-4H,1H3. The van der Waals surface area contributed by atoms with Gasteiger partial charge in [0.1, 0.15) is 0 Å². The highest BCUT2D eigenvalue weighted by Gasteiger charge is 1.83. The van der Waals surface area contributed by atoms with Crippen LogP contribution in [0.1, 0.15) is 0 Å². The lowest BCUT2D eigenvalue weighted by Crippen LogP contribution is -1.76. The molecule has 1 rings (SSSR count). The highest BCUT2D eigenvalue weighted by molar-refractivity contribution is 14.1. The molecule has 1 aromatic rings. The van der Waals surface area contributed by atoms with E-state index in [-0.39, 0.29) is 0 Å². The van der Waals surface area contributed by atoms with Crippen molar-refractivity contribution in [3.8, 4) is 0 Å². The van der Waals surface area contributed by atoms with Crippen LogP contribution in [-0.2, 0) is 7.05 Å². The van der Waals surface area contributed by atoms with E-state index in [0.717, 1.165) is 0 Å². The molecule has 0 saturated carbocycles. The first kappa shape index (κ1) is 5.15. The van der Waals surface area contributed by atoms with E-state index in [1.807, 2.05) is 24.0 Å². The lowest BCUT2D eigenvalue weighted by atomic mass is 10.7. The highest BCUT2D eigenvalue weighted by Crippen LogP contribution is 2.00. The Morgan fingerprint density at radius 2 is 2.57 bits per heavy atom. The summed E-state index contributed by atoms with van der Waals surface area (Å²) in [4.78, 5) is 0. The van der Waals surface area contributed by atoms with Gasteiger partial charge in [0.15, 0.2) is 0 Å². The Morgan fingerprint density at radius 3 is 2.71 bits per heavy atom. The Labute approximate surface area is 56.5 Å². The van der Waals surface area contributed by atoms with Crippen molar-refractivity contribution in [2.24, 2.45) is 7.05 Å². The first-order valence-corrected chi connectivity index (χ1v) is 3.06. The van der Waals surface area contributed by atoms with Crippen molar-refractivity contribution >= 4 is 22.6 Å². The molecule has 0 atom stereocenters. The van der Waals surface area contributed by atoms with E-state index in [4.69, 9.17) is 0 Å². The van der Waals surface area contributed by atoms with Gasteiger partial charge < -0.3 is 4.57 Å². The minimum atomic E-state index is 1.17. The zero-order valence-corrected chi connectivity index (χ0v) is 6.14. The summed E-state index contributed by atoms with van der Waals surface area (Å²) >= 11 is 2.22. The lowest BCUT2D eigenvalue weighted by Gasteiger charge is -1.80. The van der Waals surface area contributed by atoms with E-state index >= 15 is 0 Å². The summed E-state index contributed by atoms with van der Waals surface area (Å²) < 4.78 is 3.14. The third-order valence-corrected chi connectivity index (χ3v) is 1.31. The number of hydrogen-bond donors (Lipinski definition) is 0. The van der Waals surface area contributed by atoms with Crippen LogP contribution < -0.4 is 0 Å². The van der Waals surface area contributed by atoms with Crippen LogP contribution in [0.15, 0.2) is 12.4 Å². The minimum Gasteiger partial charge on any atom is -0.356 e. The minimum absolute atomic E-state index is 1.17. The quantitative estimate of drug-likeness (QED) is 0.566. The smallest absolute Gasteiger partial charge is 0.0386 e. The molecule has 0 N–H and O–H groups in total. The molecule has 1 heterocycles. The monoisotopic (exact) mass is 206 g/mol. The number of hydrogen-bond acceptors (Lipinski definition) is 0. The normalized spacial score (nSPS) is 9.43. The molecule has 1 radical (unpaired) electrons. The molecule has 2 heteroatoms. The van der Waals surface area contributed by atoms with Crippen LogP contribution in [0.5, 0.6) is 0 Å². The topological polar surface area (TPSA) is 4.93 Å². The van der Waals surface area contributed by atoms with Gasteiger partial charge in [0.2, 0.25) is 0 Å². The molecule has 0 bridgehead atoms. The Morgan fingerprint density at radius 1 is 1.86 bits per heavy atom. The van der Waals surface area contributed by atoms with Crippen LogP contribution >= 0.6 is 22.6 Å². The summed E-state index contributed by atoms with van der Waals surface area (Å²) in [6, 6.07) is 3.02. The fourth-order valence-corrected chi connectivity index (χ4v) is 0.995. The average Bonchev–Trinajstić information content (AvgIpc) is 1.87. The molecule has 0 unspecified atom stereocenters. The highest BCUT2D eigenvalue weighted by atomic mass is 127. The van der Waals surface area contributed by atoms with E-state index in [2.05, 4.69) is 28.7 Å². The molecule has 1 aromatic heterocycles. The Kier molecular flexibility index (Phi) is 1.37. The van der Waals surface area contributed by atoms with Gasteiger partial charge in [-0.1, -0.05) is 0 Å². The van der Waals surface area contributed by atoms with Gasteiger partial charge in [0, 0.05) is 29.1 Å². The molecule has 0 aliphatic heterocycles. The first-order valence-electron chi connectivity index (χ1n) is 1.98. The zero-order valence-electron chi connectivity index (χ0n) is 3.98. The van der Waals surface area contributed by atoms with Crippen LogP contribution in [-0.4, -0.2) is 4.57 Å². The van der Waals surface area contributed by atoms with Gasteiger partial charge in [0.25, 0.3) is 0 Å². The molecule has 0 aliphatic rings. The lowest BCUT2D eigenvalue weighted by molar-refractivity contribution is 0.925. The van der Waals surface area contributed by atoms with E-state index in [9.17, 15) is 0 Å². The summed E-state index contributed by atoms with van der Waals surface area (Å²) in [5.74, 6) is 0. The van der Waals surface area contributed by atoms with Crippen molar-refractivity contribution in [3.05, 3.63) is 22.0 Å². The van der Waals surface area contributed by atoms with Crippen LogP contribution in [0, 0.1) is 9.64 Å². The van der Waals surface area contributed by atoms with Gasteiger partial charge in [-0.3, -0.25) is 0 Å². The Hall–Kier alpha value is 0.01000. The molecule has 37 valence electrons. The first-order chi connectivity index (χ1) is 3.29. The number of nitrogens with zero attached hydrogens (tertiary/aromatic N) is 1. The number of halogens is 1. The molecule has 1 nitrogen and oxygen atoms in total. The Bertz CT molecular complexity index is 140. The van der Waals surface area contributed by atoms with Crippen LogP contribution in [0.3, 0.4) is 0 Å². The fourth-order valence-electron chi connectivity index (χ4n) is 0.417. The predicted octanol–water partition coefficient (Wildman–Crippen LogP) is 1.43. The molecule has 0 aromatic carbocycles. The van der Waals surface area contributed by atoms with Gasteiger partial charge in [-0.25, -0.2) is 0 Å². The fraction of sp³-hybridized carbons (Fsp3) is 0.200. The third kappa shape index (κ3) is 1.19. The maximum absolute atomic E-state index is 3.02. The van der Waals surface area contributed by atoms with Crippen LogP contribution in [0.2, 0.25) is 0 Å². The second kappa shape index (κ2) is 1.86. The van der Waals surface area contributed by atoms with Crippen LogP contribution in [0.25, 0.3) is 0 Å². The van der Waals surface area contributed by atoms with E-state index in [1.165, 1.54) is 3.57 Å². The molecular formula is C5H5IN. The summed E-state index contributed by atoms with van der Waals surface area (Å²) in [6.07, 6.45) is 3.92. The molecule has 0 aliphatic carbocycles. The van der Waals surface area contributed by atoms with Gasteiger partial charge in [-0.2, -0.15) is 0 Å². The van der Waals surface area contributed by atoms with E-state index in [0.29, 0.717) is 0 Å². The molecule has 0 amide bonds. The largest absolute Gasteiger partial charge is 0.356 e. The van der Waals surface area contributed by atoms with Crippen molar-refractivity contribution in [1.29, 1.82) is 0 Å². The Balaban J connectivity index is 3.04. The third-order valence-electron chi connectivity index (χ3n) is 0.723. The van der Waals surface area contributed by atoms with Gasteiger partial charge in [0.05, 0.1) is 0 Å². The van der Waals surface area contributed by atoms with Crippen LogP contribution in [0.4, 0.5) is 0 Å². The molecule has 0 saturated heterocycles. The van der Waals surface area contributed by atoms with Crippen molar-refractivity contribution in [2.75, 3.05) is 0 Å². The van der Waals surface area contributed by atoms with E-state index < -0.39 is 0 Å². The van der Waals surface area contributed by atoms with Crippen molar-refractivity contribution in [3.63, 3.8) is 0 Å².